The van der Waals surface area contributed by atoms with Crippen LogP contribution >= 0.6 is 0 Å². The third-order valence-corrected chi connectivity index (χ3v) is 4.07. The highest BCUT2D eigenvalue weighted by Crippen LogP contribution is 2.23. The van der Waals surface area contributed by atoms with Crippen LogP contribution in [0, 0.1) is 5.92 Å². The van der Waals surface area contributed by atoms with Gasteiger partial charge in [0.25, 0.3) is 0 Å². The largest absolute Gasteiger partial charge is 0.368 e. The van der Waals surface area contributed by atoms with Crippen LogP contribution < -0.4 is 0 Å². The lowest BCUT2D eigenvalue weighted by atomic mass is 9.98. The Hall–Kier alpha value is -1.57. The van der Waals surface area contributed by atoms with Gasteiger partial charge in [0, 0.05) is 18.7 Å². The molecule has 0 radical (unpaired) electrons. The van der Waals surface area contributed by atoms with Crippen molar-refractivity contribution in [1.82, 2.24) is 4.90 Å². The summed E-state index contributed by atoms with van der Waals surface area (Å²) in [6, 6.07) is 8.07. The maximum atomic E-state index is 12.9. The fraction of sp³-hybridized carbons (Fsp3) is 0.526. The van der Waals surface area contributed by atoms with E-state index in [0.29, 0.717) is 5.92 Å². The number of allylic oxidation sites excluding steroid dienone is 1. The van der Waals surface area contributed by atoms with E-state index in [1.165, 1.54) is 5.56 Å². The molecule has 0 bridgehead atoms. The second-order valence-corrected chi connectivity index (χ2v) is 6.28. The Kier molecular flexibility index (Phi) is 5.60. The summed E-state index contributed by atoms with van der Waals surface area (Å²) < 4.78 is 0. The van der Waals surface area contributed by atoms with E-state index >= 15 is 0 Å². The SMILES string of the molecule is CCCc1ccccc1C(=O)C1=CCCN1CCC(C)C. The maximum absolute atomic E-state index is 12.9. The summed E-state index contributed by atoms with van der Waals surface area (Å²) in [5, 5.41) is 0. The first-order valence-corrected chi connectivity index (χ1v) is 8.21. The first-order chi connectivity index (χ1) is 10.1. The first-order valence-electron chi connectivity index (χ1n) is 8.21. The summed E-state index contributed by atoms with van der Waals surface area (Å²) in [5.41, 5.74) is 2.99. The molecule has 2 rings (SSSR count). The zero-order valence-electron chi connectivity index (χ0n) is 13.6. The smallest absolute Gasteiger partial charge is 0.208 e. The van der Waals surface area contributed by atoms with Crippen LogP contribution in [0.1, 0.15) is 56.0 Å². The second kappa shape index (κ2) is 7.44. The molecule has 0 aliphatic carbocycles. The van der Waals surface area contributed by atoms with Crippen LogP contribution in [0.25, 0.3) is 0 Å². The molecule has 0 amide bonds. The zero-order chi connectivity index (χ0) is 15.2. The van der Waals surface area contributed by atoms with Crippen LogP contribution in [0.3, 0.4) is 0 Å². The van der Waals surface area contributed by atoms with Crippen molar-refractivity contribution >= 4 is 5.78 Å². The van der Waals surface area contributed by atoms with E-state index in [4.69, 9.17) is 0 Å². The van der Waals surface area contributed by atoms with Crippen LogP contribution in [-0.2, 0) is 6.42 Å². The summed E-state index contributed by atoms with van der Waals surface area (Å²) in [5.74, 6) is 0.884. The Morgan fingerprint density at radius 3 is 2.76 bits per heavy atom. The van der Waals surface area contributed by atoms with Crippen molar-refractivity contribution in [3.8, 4) is 0 Å². The Morgan fingerprint density at radius 1 is 1.29 bits per heavy atom. The number of aryl methyl sites for hydroxylation is 1. The molecule has 0 atom stereocenters. The van der Waals surface area contributed by atoms with Gasteiger partial charge in [-0.3, -0.25) is 4.79 Å². The summed E-state index contributed by atoms with van der Waals surface area (Å²) >= 11 is 0. The van der Waals surface area contributed by atoms with Crippen LogP contribution in [0.2, 0.25) is 0 Å². The molecular weight excluding hydrogens is 258 g/mol. The van der Waals surface area contributed by atoms with E-state index < -0.39 is 0 Å². The number of carbonyl (C=O) groups is 1. The lowest BCUT2D eigenvalue weighted by molar-refractivity contribution is 0.0995. The third kappa shape index (κ3) is 3.96. The van der Waals surface area contributed by atoms with Crippen molar-refractivity contribution in [2.24, 2.45) is 5.92 Å². The number of hydrogen-bond donors (Lipinski definition) is 0. The lowest BCUT2D eigenvalue weighted by Gasteiger charge is -2.23. The molecule has 1 aromatic rings. The molecule has 1 heterocycles. The van der Waals surface area contributed by atoms with Crippen molar-refractivity contribution in [1.29, 1.82) is 0 Å². The molecule has 2 nitrogen and oxygen atoms in total. The summed E-state index contributed by atoms with van der Waals surface area (Å²) in [6.07, 6.45) is 6.29. The topological polar surface area (TPSA) is 20.3 Å². The Labute approximate surface area is 128 Å². The molecular formula is C19H27NO. The standard InChI is InChI=1S/C19H27NO/c1-4-8-16-9-5-6-10-17(16)19(21)18-11-7-13-20(18)14-12-15(2)3/h5-6,9-11,15H,4,7-8,12-14H2,1-3H3. The normalized spacial score (nSPS) is 14.7. The predicted octanol–water partition coefficient (Wildman–Crippen LogP) is 4.46. The molecule has 0 spiro atoms. The van der Waals surface area contributed by atoms with E-state index in [9.17, 15) is 4.79 Å². The highest BCUT2D eigenvalue weighted by molar-refractivity contribution is 6.09. The molecule has 0 N–H and O–H groups in total. The molecule has 0 aromatic heterocycles. The molecule has 1 aromatic carbocycles. The minimum Gasteiger partial charge on any atom is -0.368 e. The van der Waals surface area contributed by atoms with Gasteiger partial charge in [-0.25, -0.2) is 0 Å². The summed E-state index contributed by atoms with van der Waals surface area (Å²) in [6.45, 7) is 8.61. The van der Waals surface area contributed by atoms with Crippen LogP contribution in [-0.4, -0.2) is 23.8 Å². The van der Waals surface area contributed by atoms with Crippen LogP contribution in [0.4, 0.5) is 0 Å². The van der Waals surface area contributed by atoms with Gasteiger partial charge in [-0.1, -0.05) is 57.5 Å². The highest BCUT2D eigenvalue weighted by Gasteiger charge is 2.23. The average molecular weight is 285 g/mol. The monoisotopic (exact) mass is 285 g/mol. The van der Waals surface area contributed by atoms with Gasteiger partial charge in [0.15, 0.2) is 0 Å². The summed E-state index contributed by atoms with van der Waals surface area (Å²) in [4.78, 5) is 15.2. The van der Waals surface area contributed by atoms with Crippen molar-refractivity contribution in [3.05, 3.63) is 47.2 Å². The van der Waals surface area contributed by atoms with Gasteiger partial charge in [-0.15, -0.1) is 0 Å². The van der Waals surface area contributed by atoms with Crippen molar-refractivity contribution in [2.45, 2.75) is 46.5 Å². The van der Waals surface area contributed by atoms with Gasteiger partial charge in [0.05, 0.1) is 5.70 Å². The second-order valence-electron chi connectivity index (χ2n) is 6.28. The van der Waals surface area contributed by atoms with E-state index in [0.717, 1.165) is 50.0 Å². The summed E-state index contributed by atoms with van der Waals surface area (Å²) in [7, 11) is 0. The quantitative estimate of drug-likeness (QED) is 0.689. The number of benzene rings is 1. The Morgan fingerprint density at radius 2 is 2.05 bits per heavy atom. The fourth-order valence-electron chi connectivity index (χ4n) is 2.86. The number of rotatable bonds is 7. The third-order valence-electron chi connectivity index (χ3n) is 4.07. The number of nitrogens with zero attached hydrogens (tertiary/aromatic N) is 1. The molecule has 0 unspecified atom stereocenters. The first kappa shape index (κ1) is 15.8. The number of Topliss-reactive ketones (excluding diaryl/α,β-unsaturated/α-hetero) is 1. The molecule has 1 aliphatic rings. The Balaban J connectivity index is 2.15. The van der Waals surface area contributed by atoms with Crippen molar-refractivity contribution in [3.63, 3.8) is 0 Å². The minimum absolute atomic E-state index is 0.209. The number of ketones is 1. The molecule has 114 valence electrons. The maximum Gasteiger partial charge on any atom is 0.208 e. The molecule has 1 aliphatic heterocycles. The van der Waals surface area contributed by atoms with E-state index in [1.807, 2.05) is 18.2 Å². The van der Waals surface area contributed by atoms with Gasteiger partial charge in [0.2, 0.25) is 5.78 Å². The van der Waals surface area contributed by atoms with E-state index in [1.54, 1.807) is 0 Å². The van der Waals surface area contributed by atoms with Gasteiger partial charge in [-0.2, -0.15) is 0 Å². The molecule has 21 heavy (non-hydrogen) atoms. The van der Waals surface area contributed by atoms with Crippen LogP contribution in [0.5, 0.6) is 0 Å². The highest BCUT2D eigenvalue weighted by atomic mass is 16.1. The predicted molar refractivity (Wildman–Crippen MR) is 88.5 cm³/mol. The average Bonchev–Trinajstić information content (AvgIpc) is 2.94. The van der Waals surface area contributed by atoms with Crippen molar-refractivity contribution < 1.29 is 4.79 Å². The Bertz CT molecular complexity index is 516. The van der Waals surface area contributed by atoms with Crippen molar-refractivity contribution in [2.75, 3.05) is 13.1 Å². The van der Waals surface area contributed by atoms with E-state index in [-0.39, 0.29) is 5.78 Å². The van der Waals surface area contributed by atoms with E-state index in [2.05, 4.69) is 37.8 Å². The number of hydrogen-bond acceptors (Lipinski definition) is 2. The molecule has 2 heteroatoms. The van der Waals surface area contributed by atoms with Gasteiger partial charge < -0.3 is 4.90 Å². The van der Waals surface area contributed by atoms with Gasteiger partial charge in [-0.05, 0) is 30.7 Å². The molecule has 0 fully saturated rings. The zero-order valence-corrected chi connectivity index (χ0v) is 13.6. The van der Waals surface area contributed by atoms with Crippen LogP contribution in [0.15, 0.2) is 36.0 Å². The molecule has 0 saturated heterocycles. The lowest BCUT2D eigenvalue weighted by Crippen LogP contribution is -2.27. The number of carbonyl (C=O) groups excluding carboxylic acids is 1. The van der Waals surface area contributed by atoms with Gasteiger partial charge >= 0.3 is 0 Å². The fourth-order valence-corrected chi connectivity index (χ4v) is 2.86. The molecule has 0 saturated carbocycles. The minimum atomic E-state index is 0.209. The van der Waals surface area contributed by atoms with Gasteiger partial charge in [0.1, 0.15) is 0 Å².